The zero-order valence-electron chi connectivity index (χ0n) is 36.9. The van der Waals surface area contributed by atoms with Crippen LogP contribution in [-0.2, 0) is 42.2 Å². The fraction of sp³-hybridized carbons (Fsp3) is 0.604. The van der Waals surface area contributed by atoms with Crippen LogP contribution in [0.1, 0.15) is 142 Å². The molecule has 0 spiro atoms. The van der Waals surface area contributed by atoms with E-state index in [0.717, 1.165) is 51.4 Å². The third-order valence-electron chi connectivity index (χ3n) is 9.22. The molecule has 1 aliphatic heterocycles. The minimum absolute atomic E-state index is 0.0167. The Morgan fingerprint density at radius 2 is 1.03 bits per heavy atom. The normalized spacial score (nSPS) is 17.9. The van der Waals surface area contributed by atoms with Crippen LogP contribution in [-0.4, -0.2) is 72.1 Å². The number of rotatable bonds is 39. The number of unbranched alkanes of at least 4 members (excludes halogenated alkanes) is 7. The summed E-state index contributed by atoms with van der Waals surface area (Å²) in [5, 5.41) is 8.90. The molecule has 0 saturated carbocycles. The lowest BCUT2D eigenvalue weighted by Crippen LogP contribution is -2.34. The number of epoxide rings is 1. The second-order valence-corrected chi connectivity index (χ2v) is 16.3. The molecule has 61 heavy (non-hydrogen) atoms. The number of esters is 2. The molecule has 0 amide bonds. The van der Waals surface area contributed by atoms with Crippen molar-refractivity contribution in [3.05, 3.63) is 97.2 Å². The predicted molar refractivity (Wildman–Crippen MR) is 244 cm³/mol. The summed E-state index contributed by atoms with van der Waals surface area (Å²) in [6, 6.07) is -1.55. The van der Waals surface area contributed by atoms with E-state index in [1.54, 1.807) is 0 Å². The smallest absolute Gasteiger partial charge is 0.472 e. The third kappa shape index (κ3) is 35.6. The first kappa shape index (κ1) is 55.4. The van der Waals surface area contributed by atoms with Crippen molar-refractivity contribution in [1.29, 1.82) is 0 Å². The summed E-state index contributed by atoms with van der Waals surface area (Å²) >= 11 is 0. The van der Waals surface area contributed by atoms with Crippen molar-refractivity contribution in [2.75, 3.05) is 19.8 Å². The Morgan fingerprint density at radius 3 is 1.56 bits per heavy atom. The van der Waals surface area contributed by atoms with E-state index in [2.05, 4.69) is 91.3 Å². The highest BCUT2D eigenvalue weighted by Gasteiger charge is 2.36. The SMILES string of the molecule is CCCCC/C=C\C/C=C\C/C=C\C/C=C\C/C=C\CCC(=O)O[C@H](COC(=O)CCC/C=C\CC1OC1C/C=C\C/C=C\CCCCC)COP(=O)(O)OC[C@H](N)C(=O)O. The molecule has 1 heterocycles. The van der Waals surface area contributed by atoms with Gasteiger partial charge in [-0.05, 0) is 89.9 Å². The van der Waals surface area contributed by atoms with Gasteiger partial charge < -0.3 is 29.9 Å². The highest BCUT2D eigenvalue weighted by Crippen LogP contribution is 2.43. The quantitative estimate of drug-likeness (QED) is 0.0175. The van der Waals surface area contributed by atoms with Crippen molar-refractivity contribution >= 4 is 25.7 Å². The minimum atomic E-state index is -4.76. The average Bonchev–Trinajstić information content (AvgIpc) is 4.00. The molecule has 13 heteroatoms. The molecule has 0 aromatic heterocycles. The van der Waals surface area contributed by atoms with Gasteiger partial charge in [-0.15, -0.1) is 0 Å². The van der Waals surface area contributed by atoms with Crippen molar-refractivity contribution < 1.29 is 52.2 Å². The van der Waals surface area contributed by atoms with Crippen LogP contribution in [0.25, 0.3) is 0 Å². The van der Waals surface area contributed by atoms with Crippen LogP contribution < -0.4 is 5.73 Å². The number of hydrogen-bond acceptors (Lipinski definition) is 10. The lowest BCUT2D eigenvalue weighted by molar-refractivity contribution is -0.161. The minimum Gasteiger partial charge on any atom is -0.480 e. The van der Waals surface area contributed by atoms with Crippen molar-refractivity contribution in [1.82, 2.24) is 0 Å². The first-order valence-electron chi connectivity index (χ1n) is 22.4. The van der Waals surface area contributed by atoms with E-state index < -0.39 is 57.7 Å². The average molecular weight is 874 g/mol. The van der Waals surface area contributed by atoms with E-state index in [1.165, 1.54) is 38.5 Å². The van der Waals surface area contributed by atoms with E-state index in [9.17, 15) is 23.8 Å². The molecule has 3 unspecified atom stereocenters. The number of phosphoric acid groups is 1. The number of carbonyl (C=O) groups is 3. The number of carbonyl (C=O) groups excluding carboxylic acids is 2. The third-order valence-corrected chi connectivity index (χ3v) is 10.2. The molecule has 0 aliphatic carbocycles. The predicted octanol–water partition coefficient (Wildman–Crippen LogP) is 11.0. The zero-order chi connectivity index (χ0) is 44.7. The second-order valence-electron chi connectivity index (χ2n) is 14.9. The highest BCUT2D eigenvalue weighted by atomic mass is 31.2. The van der Waals surface area contributed by atoms with E-state index >= 15 is 0 Å². The molecule has 1 rings (SSSR count). The first-order chi connectivity index (χ1) is 29.6. The van der Waals surface area contributed by atoms with Crippen LogP contribution in [0.15, 0.2) is 97.2 Å². The van der Waals surface area contributed by atoms with Crippen LogP contribution >= 0.6 is 7.82 Å². The van der Waals surface area contributed by atoms with Crippen LogP contribution in [0, 0.1) is 0 Å². The van der Waals surface area contributed by atoms with Gasteiger partial charge in [0.25, 0.3) is 0 Å². The Bertz CT molecular complexity index is 1460. The second kappa shape index (κ2) is 38.1. The van der Waals surface area contributed by atoms with Gasteiger partial charge in [-0.25, -0.2) is 4.57 Å². The van der Waals surface area contributed by atoms with Crippen LogP contribution in [0.4, 0.5) is 0 Å². The fourth-order valence-corrected chi connectivity index (χ4v) is 6.33. The van der Waals surface area contributed by atoms with Gasteiger partial charge in [-0.2, -0.15) is 0 Å². The van der Waals surface area contributed by atoms with Crippen molar-refractivity contribution in [2.45, 2.75) is 167 Å². The van der Waals surface area contributed by atoms with Gasteiger partial charge >= 0.3 is 25.7 Å². The molecular weight excluding hydrogens is 797 g/mol. The number of aliphatic carboxylic acids is 1. The van der Waals surface area contributed by atoms with Crippen LogP contribution in [0.3, 0.4) is 0 Å². The Morgan fingerprint density at radius 1 is 0.590 bits per heavy atom. The van der Waals surface area contributed by atoms with Gasteiger partial charge in [0, 0.05) is 12.8 Å². The molecule has 5 atom stereocenters. The molecule has 1 aliphatic rings. The lowest BCUT2D eigenvalue weighted by Gasteiger charge is -2.20. The van der Waals surface area contributed by atoms with Crippen molar-refractivity contribution in [3.8, 4) is 0 Å². The molecule has 344 valence electrons. The number of allylic oxidation sites excluding steroid dienone is 14. The number of nitrogens with two attached hydrogens (primary N) is 1. The van der Waals surface area contributed by atoms with E-state index in [-0.39, 0.29) is 25.0 Å². The zero-order valence-corrected chi connectivity index (χ0v) is 37.8. The van der Waals surface area contributed by atoms with E-state index in [0.29, 0.717) is 25.7 Å². The summed E-state index contributed by atoms with van der Waals surface area (Å²) in [7, 11) is -4.76. The highest BCUT2D eigenvalue weighted by molar-refractivity contribution is 7.47. The summed E-state index contributed by atoms with van der Waals surface area (Å²) < 4.78 is 38.3. The Hall–Kier alpha value is -3.64. The number of ether oxygens (including phenoxy) is 3. The summed E-state index contributed by atoms with van der Waals surface area (Å²) in [4.78, 5) is 46.0. The molecular formula is C48H76NO11P. The molecule has 4 N–H and O–H groups in total. The maximum Gasteiger partial charge on any atom is 0.472 e. The summed E-state index contributed by atoms with van der Waals surface area (Å²) in [5.74, 6) is -2.58. The molecule has 0 aromatic rings. The van der Waals surface area contributed by atoms with Crippen LogP contribution in [0.2, 0.25) is 0 Å². The standard InChI is InChI=1S/C48H76NO11P/c1-3-5-7-9-11-13-14-15-16-17-18-19-20-21-22-24-26-28-34-38-47(51)59-42(40-57-61(54,55)58-41-43(49)48(52)53)39-56-46(50)37-33-30-29-32-36-45-44(60-45)35-31-27-25-23-12-10-8-6-4-2/h11-13,15-16,18-19,21-23,26-29,31-32,42-45H,3-10,14,17,20,24-25,30,33-41,49H2,1-2H3,(H,52,53)(H,54,55)/b13-11-,16-15-,19-18-,22-21-,23-12-,28-26-,31-27-,32-29-/t42-,43+,44?,45?/m1/s1. The Labute approximate surface area is 366 Å². The number of hydrogen-bond donors (Lipinski definition) is 3. The maximum atomic E-state index is 12.6. The number of phosphoric ester groups is 1. The van der Waals surface area contributed by atoms with Gasteiger partial charge in [0.2, 0.25) is 0 Å². The first-order valence-corrected chi connectivity index (χ1v) is 23.9. The molecule has 1 saturated heterocycles. The number of carboxylic acid groups (broad SMARTS) is 1. The van der Waals surface area contributed by atoms with E-state index in [1.807, 2.05) is 24.3 Å². The molecule has 12 nitrogen and oxygen atoms in total. The Kier molecular flexibility index (Phi) is 34.6. The van der Waals surface area contributed by atoms with E-state index in [4.69, 9.17) is 29.6 Å². The maximum absolute atomic E-state index is 12.6. The lowest BCUT2D eigenvalue weighted by atomic mass is 10.1. The van der Waals surface area contributed by atoms with Crippen LogP contribution in [0.5, 0.6) is 0 Å². The van der Waals surface area contributed by atoms with Gasteiger partial charge in [0.1, 0.15) is 12.6 Å². The molecule has 1 fully saturated rings. The van der Waals surface area contributed by atoms with Crippen molar-refractivity contribution in [3.63, 3.8) is 0 Å². The molecule has 0 aromatic carbocycles. The summed E-state index contributed by atoms with van der Waals surface area (Å²) in [5.41, 5.74) is 5.33. The van der Waals surface area contributed by atoms with Gasteiger partial charge in [-0.1, -0.05) is 137 Å². The summed E-state index contributed by atoms with van der Waals surface area (Å²) in [6.07, 6.45) is 50.9. The van der Waals surface area contributed by atoms with Gasteiger partial charge in [0.05, 0.1) is 25.4 Å². The Balaban J connectivity index is 2.39. The monoisotopic (exact) mass is 874 g/mol. The molecule has 0 bridgehead atoms. The topological polar surface area (TPSA) is 184 Å². The van der Waals surface area contributed by atoms with Gasteiger partial charge in [0.15, 0.2) is 6.10 Å². The van der Waals surface area contributed by atoms with Crippen molar-refractivity contribution in [2.24, 2.45) is 5.73 Å². The van der Waals surface area contributed by atoms with Gasteiger partial charge in [-0.3, -0.25) is 23.4 Å². The summed E-state index contributed by atoms with van der Waals surface area (Å²) in [6.45, 7) is 2.58. The fourth-order valence-electron chi connectivity index (χ4n) is 5.55. The molecule has 0 radical (unpaired) electrons. The number of carboxylic acids is 1. The largest absolute Gasteiger partial charge is 0.480 e.